The van der Waals surface area contributed by atoms with Crippen molar-refractivity contribution in [3.05, 3.63) is 29.8 Å². The normalized spacial score (nSPS) is 12.8. The van der Waals surface area contributed by atoms with E-state index in [0.29, 0.717) is 6.54 Å². The first kappa shape index (κ1) is 19.4. The van der Waals surface area contributed by atoms with Crippen molar-refractivity contribution in [3.8, 4) is 0 Å². The topological polar surface area (TPSA) is 70.2 Å². The lowest BCUT2D eigenvalue weighted by Crippen LogP contribution is -2.35. The molecule has 0 saturated carbocycles. The Labute approximate surface area is 132 Å². The lowest BCUT2D eigenvalue weighted by molar-refractivity contribution is -0.125. The number of halogens is 1. The Morgan fingerprint density at radius 2 is 1.90 bits per heavy atom. The van der Waals surface area contributed by atoms with Gasteiger partial charge in [0.15, 0.2) is 0 Å². The minimum atomic E-state index is -0.110. The van der Waals surface area contributed by atoms with Crippen molar-refractivity contribution in [2.45, 2.75) is 26.8 Å². The summed E-state index contributed by atoms with van der Waals surface area (Å²) in [4.78, 5) is 23.0. The van der Waals surface area contributed by atoms with Gasteiger partial charge in [-0.25, -0.2) is 0 Å². The third kappa shape index (κ3) is 6.60. The van der Waals surface area contributed by atoms with E-state index in [1.54, 1.807) is 0 Å². The van der Waals surface area contributed by atoms with Crippen molar-refractivity contribution in [2.75, 3.05) is 18.9 Å². The highest BCUT2D eigenvalue weighted by atomic mass is 35.5. The van der Waals surface area contributed by atoms with E-state index in [-0.39, 0.29) is 36.2 Å². The third-order valence-electron chi connectivity index (χ3n) is 3.02. The molecule has 1 aromatic rings. The number of hydrogen-bond donors (Lipinski definition) is 3. The maximum atomic E-state index is 12.0. The molecule has 2 unspecified atom stereocenters. The van der Waals surface area contributed by atoms with E-state index in [1.807, 2.05) is 45.2 Å². The van der Waals surface area contributed by atoms with E-state index in [1.165, 1.54) is 6.92 Å². The second-order valence-electron chi connectivity index (χ2n) is 5.00. The van der Waals surface area contributed by atoms with E-state index < -0.39 is 0 Å². The first-order valence-electron chi connectivity index (χ1n) is 6.76. The maximum absolute atomic E-state index is 12.0. The molecule has 0 heterocycles. The fraction of sp³-hybridized carbons (Fsp3) is 0.467. The van der Waals surface area contributed by atoms with Crippen molar-refractivity contribution in [3.63, 3.8) is 0 Å². The van der Waals surface area contributed by atoms with Crippen molar-refractivity contribution < 1.29 is 9.59 Å². The van der Waals surface area contributed by atoms with Crippen LogP contribution >= 0.6 is 12.4 Å². The first-order valence-corrected chi connectivity index (χ1v) is 6.76. The van der Waals surface area contributed by atoms with E-state index in [2.05, 4.69) is 16.0 Å². The minimum absolute atomic E-state index is 0. The smallest absolute Gasteiger partial charge is 0.224 e. The van der Waals surface area contributed by atoms with Crippen molar-refractivity contribution in [2.24, 2.45) is 5.92 Å². The van der Waals surface area contributed by atoms with Gasteiger partial charge in [0.1, 0.15) is 0 Å². The Balaban J connectivity index is 0.00000400. The van der Waals surface area contributed by atoms with Crippen LogP contribution in [0.2, 0.25) is 0 Å². The summed E-state index contributed by atoms with van der Waals surface area (Å²) in [5.74, 6) is -0.181. The van der Waals surface area contributed by atoms with Gasteiger partial charge in [0, 0.05) is 25.1 Å². The maximum Gasteiger partial charge on any atom is 0.224 e. The van der Waals surface area contributed by atoms with Crippen molar-refractivity contribution in [1.29, 1.82) is 0 Å². The highest BCUT2D eigenvalue weighted by Gasteiger charge is 2.15. The molecule has 1 aromatic carbocycles. The van der Waals surface area contributed by atoms with Crippen LogP contribution in [0.3, 0.4) is 0 Å². The lowest BCUT2D eigenvalue weighted by atomic mass is 10.1. The zero-order valence-corrected chi connectivity index (χ0v) is 13.7. The number of carbonyl (C=O) groups excluding carboxylic acids is 2. The zero-order valence-electron chi connectivity index (χ0n) is 12.9. The van der Waals surface area contributed by atoms with Crippen LogP contribution in [-0.2, 0) is 9.59 Å². The molecule has 0 radical (unpaired) electrons. The van der Waals surface area contributed by atoms with Gasteiger partial charge in [0.25, 0.3) is 0 Å². The largest absolute Gasteiger partial charge is 0.349 e. The molecule has 118 valence electrons. The average Bonchev–Trinajstić information content (AvgIpc) is 2.38. The van der Waals surface area contributed by atoms with Crippen LogP contribution in [0.1, 0.15) is 32.4 Å². The molecule has 0 fully saturated rings. The highest BCUT2D eigenvalue weighted by Crippen LogP contribution is 2.17. The molecule has 1 rings (SSSR count). The Morgan fingerprint density at radius 3 is 2.48 bits per heavy atom. The molecule has 0 saturated heterocycles. The van der Waals surface area contributed by atoms with Crippen molar-refractivity contribution >= 4 is 29.9 Å². The first-order chi connectivity index (χ1) is 9.43. The summed E-state index contributed by atoms with van der Waals surface area (Å²) in [5.41, 5.74) is 1.70. The number of carbonyl (C=O) groups is 2. The van der Waals surface area contributed by atoms with E-state index >= 15 is 0 Å². The predicted octanol–water partition coefficient (Wildman–Crippen LogP) is 2.10. The molecule has 5 nitrogen and oxygen atoms in total. The van der Waals surface area contributed by atoms with Gasteiger partial charge < -0.3 is 16.0 Å². The summed E-state index contributed by atoms with van der Waals surface area (Å²) >= 11 is 0. The number of rotatable bonds is 6. The predicted molar refractivity (Wildman–Crippen MR) is 87.6 cm³/mol. The molecule has 2 amide bonds. The number of amides is 2. The quantitative estimate of drug-likeness (QED) is 0.753. The van der Waals surface area contributed by atoms with Crippen LogP contribution in [0.5, 0.6) is 0 Å². The number of nitrogens with one attached hydrogen (secondary N) is 3. The Bertz CT molecular complexity index is 480. The molecule has 0 spiro atoms. The van der Waals surface area contributed by atoms with E-state index in [4.69, 9.17) is 0 Å². The average molecular weight is 314 g/mol. The highest BCUT2D eigenvalue weighted by molar-refractivity contribution is 5.88. The third-order valence-corrected chi connectivity index (χ3v) is 3.02. The molecular formula is C15H24ClN3O2. The van der Waals surface area contributed by atoms with Crippen LogP contribution in [0.4, 0.5) is 5.69 Å². The summed E-state index contributed by atoms with van der Waals surface area (Å²) in [7, 11) is 1.82. The van der Waals surface area contributed by atoms with Gasteiger partial charge in [0.05, 0.1) is 6.04 Å². The Hall–Kier alpha value is -1.59. The van der Waals surface area contributed by atoms with Gasteiger partial charge in [-0.15, -0.1) is 12.4 Å². The second kappa shape index (κ2) is 9.37. The van der Waals surface area contributed by atoms with Gasteiger partial charge in [-0.3, -0.25) is 9.59 Å². The molecule has 3 N–H and O–H groups in total. The molecule has 0 aliphatic rings. The van der Waals surface area contributed by atoms with Crippen LogP contribution in [0.25, 0.3) is 0 Å². The molecule has 2 atom stereocenters. The van der Waals surface area contributed by atoms with Crippen LogP contribution in [0, 0.1) is 5.92 Å². The van der Waals surface area contributed by atoms with Crippen molar-refractivity contribution in [1.82, 2.24) is 10.6 Å². The van der Waals surface area contributed by atoms with Gasteiger partial charge in [-0.1, -0.05) is 19.1 Å². The Morgan fingerprint density at radius 1 is 1.24 bits per heavy atom. The molecule has 0 bridgehead atoms. The van der Waals surface area contributed by atoms with Crippen LogP contribution in [0.15, 0.2) is 24.3 Å². The van der Waals surface area contributed by atoms with Gasteiger partial charge in [0.2, 0.25) is 11.8 Å². The summed E-state index contributed by atoms with van der Waals surface area (Å²) in [6.45, 7) is 5.92. The summed E-state index contributed by atoms with van der Waals surface area (Å²) < 4.78 is 0. The summed E-state index contributed by atoms with van der Waals surface area (Å²) in [6.07, 6.45) is 0. The van der Waals surface area contributed by atoms with Gasteiger partial charge >= 0.3 is 0 Å². The summed E-state index contributed by atoms with van der Waals surface area (Å²) in [6, 6.07) is 7.38. The Kier molecular flexibility index (Phi) is 8.66. The van der Waals surface area contributed by atoms with E-state index in [9.17, 15) is 9.59 Å². The lowest BCUT2D eigenvalue weighted by Gasteiger charge is -2.18. The van der Waals surface area contributed by atoms with Crippen LogP contribution in [-0.4, -0.2) is 25.4 Å². The molecule has 6 heteroatoms. The second-order valence-corrected chi connectivity index (χ2v) is 5.00. The molecule has 21 heavy (non-hydrogen) atoms. The molecule has 0 aliphatic heterocycles. The number of hydrogen-bond acceptors (Lipinski definition) is 3. The number of benzene rings is 1. The number of anilines is 1. The van der Waals surface area contributed by atoms with Gasteiger partial charge in [-0.2, -0.15) is 0 Å². The SMILES string of the molecule is CNCC(C)C(=O)NC(C)c1cccc(NC(C)=O)c1.Cl. The zero-order chi connectivity index (χ0) is 15.1. The molecular weight excluding hydrogens is 290 g/mol. The molecule has 0 aliphatic carbocycles. The fourth-order valence-corrected chi connectivity index (χ4v) is 1.93. The fourth-order valence-electron chi connectivity index (χ4n) is 1.93. The van der Waals surface area contributed by atoms with Gasteiger partial charge in [-0.05, 0) is 31.7 Å². The monoisotopic (exact) mass is 313 g/mol. The van der Waals surface area contributed by atoms with Crippen LogP contribution < -0.4 is 16.0 Å². The standard InChI is InChI=1S/C15H23N3O2.ClH/c1-10(9-16-4)15(20)17-11(2)13-6-5-7-14(8-13)18-12(3)19;/h5-8,10-11,16H,9H2,1-4H3,(H,17,20)(H,18,19);1H. The molecule has 0 aromatic heterocycles. The minimum Gasteiger partial charge on any atom is -0.349 e. The summed E-state index contributed by atoms with van der Waals surface area (Å²) in [5, 5.41) is 8.69. The van der Waals surface area contributed by atoms with E-state index in [0.717, 1.165) is 11.3 Å².